The zero-order valence-electron chi connectivity index (χ0n) is 15.6. The summed E-state index contributed by atoms with van der Waals surface area (Å²) in [7, 11) is -3.53. The Balaban J connectivity index is 0.00000196. The molecule has 9 heteroatoms. The van der Waals surface area contributed by atoms with Crippen molar-refractivity contribution in [2.24, 2.45) is 28.3 Å². The second-order valence-corrected chi connectivity index (χ2v) is 8.72. The number of nitrogens with two attached hydrogens (primary N) is 2. The van der Waals surface area contributed by atoms with Crippen LogP contribution in [0.5, 0.6) is 0 Å². The third kappa shape index (κ3) is 6.24. The summed E-state index contributed by atoms with van der Waals surface area (Å²) in [5, 5.41) is 1.68. The van der Waals surface area contributed by atoms with Crippen molar-refractivity contribution in [1.82, 2.24) is 4.72 Å². The predicted molar refractivity (Wildman–Crippen MR) is 120 cm³/mol. The van der Waals surface area contributed by atoms with Gasteiger partial charge >= 0.3 is 0 Å². The molecule has 1 aliphatic rings. The van der Waals surface area contributed by atoms with Crippen LogP contribution in [0.2, 0.25) is 0 Å². The van der Waals surface area contributed by atoms with Gasteiger partial charge in [-0.05, 0) is 49.0 Å². The van der Waals surface area contributed by atoms with Gasteiger partial charge in [-0.3, -0.25) is 4.99 Å². The summed E-state index contributed by atoms with van der Waals surface area (Å²) in [6.45, 7) is 1.14. The van der Waals surface area contributed by atoms with E-state index in [-0.39, 0.29) is 30.8 Å². The van der Waals surface area contributed by atoms with Crippen molar-refractivity contribution in [2.75, 3.05) is 13.1 Å². The number of fused-ring (bicyclic) bond motifs is 1. The molecule has 1 fully saturated rings. The van der Waals surface area contributed by atoms with Gasteiger partial charge < -0.3 is 11.5 Å². The third-order valence-electron chi connectivity index (χ3n) is 5.10. The maximum Gasteiger partial charge on any atom is 0.241 e. The number of nitrogens with zero attached hydrogens (tertiary/aromatic N) is 1. The van der Waals surface area contributed by atoms with Crippen LogP contribution in [0.15, 0.2) is 52.4 Å². The average Bonchev–Trinajstić information content (AvgIpc) is 2.65. The van der Waals surface area contributed by atoms with Crippen molar-refractivity contribution in [3.05, 3.63) is 42.5 Å². The number of hydrogen-bond acceptors (Lipinski definition) is 3. The van der Waals surface area contributed by atoms with Gasteiger partial charge in [0.05, 0.1) is 4.90 Å². The molecule has 0 bridgehead atoms. The lowest BCUT2D eigenvalue weighted by atomic mass is 9.82. The molecule has 0 unspecified atom stereocenters. The zero-order valence-corrected chi connectivity index (χ0v) is 18.0. The second-order valence-electron chi connectivity index (χ2n) is 6.98. The number of guanidine groups is 1. The first-order valence-electron chi connectivity index (χ1n) is 8.98. The quantitative estimate of drug-likeness (QED) is 0.467. The molecule has 2 aromatic rings. The van der Waals surface area contributed by atoms with Crippen LogP contribution >= 0.6 is 24.8 Å². The minimum Gasteiger partial charge on any atom is -0.370 e. The van der Waals surface area contributed by atoms with E-state index in [0.717, 1.165) is 36.5 Å². The molecule has 0 spiro atoms. The van der Waals surface area contributed by atoms with Crippen LogP contribution in [0.1, 0.15) is 25.7 Å². The number of rotatable bonds is 6. The predicted octanol–water partition coefficient (Wildman–Crippen LogP) is 3.04. The Kier molecular flexibility index (Phi) is 9.50. The zero-order chi connectivity index (χ0) is 18.6. The first kappa shape index (κ1) is 24.5. The van der Waals surface area contributed by atoms with Crippen LogP contribution in [0, 0.1) is 11.8 Å². The minimum absolute atomic E-state index is 0. The molecule has 6 nitrogen and oxygen atoms in total. The molecule has 28 heavy (non-hydrogen) atoms. The summed E-state index contributed by atoms with van der Waals surface area (Å²) in [5.41, 5.74) is 10.8. The molecule has 0 saturated heterocycles. The SMILES string of the molecule is Cl.Cl.NC(N)=NCC1CCC(CNS(=O)(=O)c2cccc3ccccc23)CC1. The Morgan fingerprint density at radius 2 is 1.57 bits per heavy atom. The van der Waals surface area contributed by atoms with Gasteiger partial charge in [0.2, 0.25) is 10.0 Å². The molecule has 5 N–H and O–H groups in total. The average molecular weight is 447 g/mol. The fraction of sp³-hybridized carbons (Fsp3) is 0.421. The fourth-order valence-electron chi connectivity index (χ4n) is 3.59. The van der Waals surface area contributed by atoms with E-state index in [1.54, 1.807) is 12.1 Å². The van der Waals surface area contributed by atoms with Crippen LogP contribution in [-0.4, -0.2) is 27.5 Å². The summed E-state index contributed by atoms with van der Waals surface area (Å²) in [4.78, 5) is 4.43. The lowest BCUT2D eigenvalue weighted by Crippen LogP contribution is -2.32. The maximum atomic E-state index is 12.8. The number of aliphatic imine (C=N–C) groups is 1. The van der Waals surface area contributed by atoms with Crippen molar-refractivity contribution in [3.63, 3.8) is 0 Å². The van der Waals surface area contributed by atoms with Gasteiger partial charge in [0.15, 0.2) is 5.96 Å². The van der Waals surface area contributed by atoms with Gasteiger partial charge in [-0.15, -0.1) is 24.8 Å². The number of halogens is 2. The minimum atomic E-state index is -3.53. The molecule has 1 aliphatic carbocycles. The Hall–Kier alpha value is -1.54. The molecule has 0 aliphatic heterocycles. The monoisotopic (exact) mass is 446 g/mol. The van der Waals surface area contributed by atoms with E-state index in [9.17, 15) is 8.42 Å². The van der Waals surface area contributed by atoms with E-state index >= 15 is 0 Å². The third-order valence-corrected chi connectivity index (χ3v) is 6.58. The van der Waals surface area contributed by atoms with Gasteiger partial charge in [0.25, 0.3) is 0 Å². The van der Waals surface area contributed by atoms with Crippen LogP contribution in [0.25, 0.3) is 10.8 Å². The van der Waals surface area contributed by atoms with E-state index in [2.05, 4.69) is 9.71 Å². The number of benzene rings is 2. The smallest absolute Gasteiger partial charge is 0.241 e. The van der Waals surface area contributed by atoms with E-state index < -0.39 is 10.0 Å². The van der Waals surface area contributed by atoms with Gasteiger partial charge in [-0.1, -0.05) is 36.4 Å². The van der Waals surface area contributed by atoms with Gasteiger partial charge in [-0.25, -0.2) is 13.1 Å². The molecule has 0 amide bonds. The number of sulfonamides is 1. The lowest BCUT2D eigenvalue weighted by molar-refractivity contribution is 0.280. The summed E-state index contributed by atoms with van der Waals surface area (Å²) >= 11 is 0. The first-order valence-corrected chi connectivity index (χ1v) is 10.5. The molecule has 3 rings (SSSR count). The molecule has 0 radical (unpaired) electrons. The van der Waals surface area contributed by atoms with E-state index in [0.29, 0.717) is 29.8 Å². The highest BCUT2D eigenvalue weighted by Crippen LogP contribution is 2.29. The van der Waals surface area contributed by atoms with Crippen molar-refractivity contribution < 1.29 is 8.42 Å². The molecular weight excluding hydrogens is 419 g/mol. The topological polar surface area (TPSA) is 111 Å². The molecule has 1 saturated carbocycles. The normalized spacial score (nSPS) is 19.3. The number of nitrogens with one attached hydrogen (secondary N) is 1. The van der Waals surface area contributed by atoms with Crippen LogP contribution in [-0.2, 0) is 10.0 Å². The number of hydrogen-bond donors (Lipinski definition) is 3. The Morgan fingerprint density at radius 1 is 0.964 bits per heavy atom. The Labute approximate surface area is 179 Å². The lowest BCUT2D eigenvalue weighted by Gasteiger charge is -2.27. The van der Waals surface area contributed by atoms with Gasteiger partial charge in [-0.2, -0.15) is 0 Å². The summed E-state index contributed by atoms with van der Waals surface area (Å²) < 4.78 is 28.4. The maximum absolute atomic E-state index is 12.8. The highest BCUT2D eigenvalue weighted by Gasteiger charge is 2.24. The summed E-state index contributed by atoms with van der Waals surface area (Å²) in [6.07, 6.45) is 4.03. The molecular formula is C19H28Cl2N4O2S. The van der Waals surface area contributed by atoms with E-state index in [1.165, 1.54) is 0 Å². The van der Waals surface area contributed by atoms with Crippen molar-refractivity contribution in [3.8, 4) is 0 Å². The largest absolute Gasteiger partial charge is 0.370 e. The van der Waals surface area contributed by atoms with Crippen molar-refractivity contribution >= 4 is 51.6 Å². The second kappa shape index (κ2) is 10.9. The summed E-state index contributed by atoms with van der Waals surface area (Å²) in [6, 6.07) is 12.9. The first-order chi connectivity index (χ1) is 12.5. The van der Waals surface area contributed by atoms with E-state index in [1.807, 2.05) is 30.3 Å². The van der Waals surface area contributed by atoms with Crippen molar-refractivity contribution in [2.45, 2.75) is 30.6 Å². The van der Waals surface area contributed by atoms with Gasteiger partial charge in [0, 0.05) is 18.5 Å². The standard InChI is InChI=1S/C19H26N4O2S.2ClH/c20-19(21)22-12-14-8-10-15(11-9-14)13-23-26(24,25)18-7-3-5-16-4-1-2-6-17(16)18;;/h1-7,14-15,23H,8-13H2,(H4,20,21,22);2*1H. The van der Waals surface area contributed by atoms with Crippen LogP contribution < -0.4 is 16.2 Å². The van der Waals surface area contributed by atoms with Crippen LogP contribution in [0.4, 0.5) is 0 Å². The Bertz CT molecular complexity index is 888. The molecule has 156 valence electrons. The molecule has 0 heterocycles. The Morgan fingerprint density at radius 3 is 2.25 bits per heavy atom. The van der Waals surface area contributed by atoms with E-state index in [4.69, 9.17) is 11.5 Å². The highest BCUT2D eigenvalue weighted by atomic mass is 35.5. The molecule has 2 aromatic carbocycles. The van der Waals surface area contributed by atoms with Crippen LogP contribution in [0.3, 0.4) is 0 Å². The molecule has 0 atom stereocenters. The highest BCUT2D eigenvalue weighted by molar-refractivity contribution is 7.89. The summed E-state index contributed by atoms with van der Waals surface area (Å²) in [5.74, 6) is 0.980. The van der Waals surface area contributed by atoms with Crippen molar-refractivity contribution in [1.29, 1.82) is 0 Å². The fourth-order valence-corrected chi connectivity index (χ4v) is 4.93. The molecule has 0 aromatic heterocycles. The van der Waals surface area contributed by atoms with Gasteiger partial charge in [0.1, 0.15) is 0 Å².